The zero-order valence-electron chi connectivity index (χ0n) is 17.1. The predicted molar refractivity (Wildman–Crippen MR) is 109 cm³/mol. The summed E-state index contributed by atoms with van der Waals surface area (Å²) in [5, 5.41) is 2.65. The Morgan fingerprint density at radius 1 is 1.15 bits per heavy atom. The lowest BCUT2D eigenvalue weighted by atomic mass is 9.86. The molecule has 1 amide bonds. The standard InChI is InChI=1S/C18H29BrN2O5S/c1-17(2,3)13-9-12(11-20-16(22)25-18(4,5)6)15(14(19)10-13)26-27(23,24)21(7)8/h9-10H,11H2,1-8H3,(H,20,22). The first kappa shape index (κ1) is 23.7. The minimum absolute atomic E-state index is 0.0513. The van der Waals surface area contributed by atoms with E-state index in [0.29, 0.717) is 10.0 Å². The fourth-order valence-electron chi connectivity index (χ4n) is 1.97. The van der Waals surface area contributed by atoms with Crippen LogP contribution in [0.1, 0.15) is 52.7 Å². The molecule has 0 saturated carbocycles. The molecule has 0 saturated heterocycles. The molecule has 9 heteroatoms. The number of ether oxygens (including phenoxy) is 1. The molecule has 0 aliphatic carbocycles. The van der Waals surface area contributed by atoms with Crippen molar-refractivity contribution in [1.82, 2.24) is 9.62 Å². The number of carbonyl (C=O) groups excluding carboxylic acids is 1. The highest BCUT2D eigenvalue weighted by molar-refractivity contribution is 9.10. The summed E-state index contributed by atoms with van der Waals surface area (Å²) in [5.74, 6) is 0.132. The molecule has 0 radical (unpaired) electrons. The van der Waals surface area contributed by atoms with Crippen LogP contribution >= 0.6 is 15.9 Å². The molecule has 0 atom stereocenters. The van der Waals surface area contributed by atoms with Crippen molar-refractivity contribution in [2.45, 2.75) is 59.1 Å². The molecule has 154 valence electrons. The highest BCUT2D eigenvalue weighted by Crippen LogP contribution is 2.36. The summed E-state index contributed by atoms with van der Waals surface area (Å²) in [5.41, 5.74) is 0.670. The summed E-state index contributed by atoms with van der Waals surface area (Å²) in [6.07, 6.45) is -0.596. The van der Waals surface area contributed by atoms with Crippen LogP contribution in [0.4, 0.5) is 4.79 Å². The van der Waals surface area contributed by atoms with Gasteiger partial charge in [0.1, 0.15) is 5.60 Å². The Morgan fingerprint density at radius 3 is 2.15 bits per heavy atom. The van der Waals surface area contributed by atoms with Crippen LogP contribution in [0.2, 0.25) is 0 Å². The quantitative estimate of drug-likeness (QED) is 0.712. The Hall–Kier alpha value is -1.32. The number of amides is 1. The van der Waals surface area contributed by atoms with Crippen molar-refractivity contribution in [3.63, 3.8) is 0 Å². The van der Waals surface area contributed by atoms with Crippen LogP contribution in [0.3, 0.4) is 0 Å². The molecule has 0 spiro atoms. The van der Waals surface area contributed by atoms with Crippen LogP contribution in [0.25, 0.3) is 0 Å². The largest absolute Gasteiger partial charge is 0.444 e. The minimum Gasteiger partial charge on any atom is -0.444 e. The number of benzene rings is 1. The van der Waals surface area contributed by atoms with Gasteiger partial charge in [0.2, 0.25) is 0 Å². The first-order valence-corrected chi connectivity index (χ1v) is 10.6. The van der Waals surface area contributed by atoms with Crippen molar-refractivity contribution in [3.05, 3.63) is 27.7 Å². The maximum atomic E-state index is 12.2. The summed E-state index contributed by atoms with van der Waals surface area (Å²) in [7, 11) is -1.19. The van der Waals surface area contributed by atoms with Gasteiger partial charge in [0.25, 0.3) is 0 Å². The second-order valence-electron chi connectivity index (χ2n) is 8.38. The van der Waals surface area contributed by atoms with Gasteiger partial charge in [-0.2, -0.15) is 12.7 Å². The fraction of sp³-hybridized carbons (Fsp3) is 0.611. The van der Waals surface area contributed by atoms with Gasteiger partial charge >= 0.3 is 16.4 Å². The van der Waals surface area contributed by atoms with E-state index in [2.05, 4.69) is 21.2 Å². The number of nitrogens with zero attached hydrogens (tertiary/aromatic N) is 1. The Bertz CT molecular complexity index is 793. The second-order valence-corrected chi connectivity index (χ2v) is 11.0. The van der Waals surface area contributed by atoms with Crippen LogP contribution in [-0.4, -0.2) is 38.5 Å². The van der Waals surface area contributed by atoms with E-state index in [-0.39, 0.29) is 17.7 Å². The number of carbonyl (C=O) groups is 1. The van der Waals surface area contributed by atoms with Crippen LogP contribution in [0.5, 0.6) is 5.75 Å². The summed E-state index contributed by atoms with van der Waals surface area (Å²) >= 11 is 3.40. The highest BCUT2D eigenvalue weighted by atomic mass is 79.9. The van der Waals surface area contributed by atoms with Gasteiger partial charge in [0, 0.05) is 26.2 Å². The van der Waals surface area contributed by atoms with Crippen LogP contribution in [0, 0.1) is 0 Å². The van der Waals surface area contributed by atoms with Gasteiger partial charge in [0.15, 0.2) is 5.75 Å². The minimum atomic E-state index is -3.95. The third-order valence-corrected chi connectivity index (χ3v) is 5.31. The average Bonchev–Trinajstić information content (AvgIpc) is 2.44. The van der Waals surface area contributed by atoms with E-state index in [1.165, 1.54) is 14.1 Å². The molecule has 1 rings (SSSR count). The van der Waals surface area contributed by atoms with Gasteiger partial charge in [-0.25, -0.2) is 4.79 Å². The summed E-state index contributed by atoms with van der Waals surface area (Å²) in [4.78, 5) is 12.0. The van der Waals surface area contributed by atoms with Crippen molar-refractivity contribution in [3.8, 4) is 5.75 Å². The zero-order chi connectivity index (χ0) is 21.2. The first-order chi connectivity index (χ1) is 12.0. The average molecular weight is 465 g/mol. The number of hydrogen-bond donors (Lipinski definition) is 1. The monoisotopic (exact) mass is 464 g/mol. The first-order valence-electron chi connectivity index (χ1n) is 8.44. The molecule has 0 heterocycles. The molecule has 7 nitrogen and oxygen atoms in total. The lowest BCUT2D eigenvalue weighted by molar-refractivity contribution is 0.0523. The number of hydrogen-bond acceptors (Lipinski definition) is 5. The van der Waals surface area contributed by atoms with E-state index in [4.69, 9.17) is 8.92 Å². The zero-order valence-corrected chi connectivity index (χ0v) is 19.5. The molecule has 0 bridgehead atoms. The van der Waals surface area contributed by atoms with Crippen LogP contribution in [-0.2, 0) is 27.0 Å². The Balaban J connectivity index is 3.27. The molecular weight excluding hydrogens is 436 g/mol. The summed E-state index contributed by atoms with van der Waals surface area (Å²) < 4.78 is 36.3. The Labute approximate surface area is 170 Å². The molecule has 1 aromatic rings. The van der Waals surface area contributed by atoms with E-state index in [1.54, 1.807) is 20.8 Å². The third-order valence-electron chi connectivity index (χ3n) is 3.44. The molecule has 0 unspecified atom stereocenters. The third kappa shape index (κ3) is 7.31. The van der Waals surface area contributed by atoms with Crippen molar-refractivity contribution in [2.24, 2.45) is 0 Å². The Morgan fingerprint density at radius 2 is 1.70 bits per heavy atom. The smallest absolute Gasteiger partial charge is 0.407 e. The van der Waals surface area contributed by atoms with Gasteiger partial charge < -0.3 is 14.2 Å². The molecule has 0 aliphatic heterocycles. The molecule has 0 fully saturated rings. The van der Waals surface area contributed by atoms with E-state index in [0.717, 1.165) is 9.87 Å². The normalized spacial score (nSPS) is 12.8. The van der Waals surface area contributed by atoms with Crippen molar-refractivity contribution >= 4 is 32.3 Å². The maximum absolute atomic E-state index is 12.2. The number of nitrogens with one attached hydrogen (secondary N) is 1. The van der Waals surface area contributed by atoms with Crippen LogP contribution < -0.4 is 9.50 Å². The van der Waals surface area contributed by atoms with E-state index < -0.39 is 22.0 Å². The predicted octanol–water partition coefficient (Wildman–Crippen LogP) is 3.96. The lowest BCUT2D eigenvalue weighted by Gasteiger charge is -2.24. The molecular formula is C18H29BrN2O5S. The van der Waals surface area contributed by atoms with Gasteiger partial charge in [0.05, 0.1) is 4.47 Å². The maximum Gasteiger partial charge on any atom is 0.407 e. The molecule has 1 aromatic carbocycles. The Kier molecular flexibility index (Phi) is 7.35. The summed E-state index contributed by atoms with van der Waals surface area (Å²) in [6, 6.07) is 3.64. The second kappa shape index (κ2) is 8.36. The number of alkyl carbamates (subject to hydrolysis) is 1. The molecule has 0 aliphatic rings. The highest BCUT2D eigenvalue weighted by Gasteiger charge is 2.24. The SMILES string of the molecule is CN(C)S(=O)(=O)Oc1c(Br)cc(C(C)(C)C)cc1CNC(=O)OC(C)(C)C. The lowest BCUT2D eigenvalue weighted by Crippen LogP contribution is -2.32. The van der Waals surface area contributed by atoms with E-state index in [1.807, 2.05) is 32.9 Å². The van der Waals surface area contributed by atoms with Gasteiger partial charge in [-0.05, 0) is 59.8 Å². The van der Waals surface area contributed by atoms with Crippen LogP contribution in [0.15, 0.2) is 16.6 Å². The number of rotatable bonds is 5. The van der Waals surface area contributed by atoms with Crippen molar-refractivity contribution in [1.29, 1.82) is 0 Å². The van der Waals surface area contributed by atoms with Gasteiger partial charge in [-0.15, -0.1) is 0 Å². The van der Waals surface area contributed by atoms with Gasteiger partial charge in [-0.1, -0.05) is 20.8 Å². The molecule has 0 aromatic heterocycles. The van der Waals surface area contributed by atoms with E-state index >= 15 is 0 Å². The van der Waals surface area contributed by atoms with Crippen molar-refractivity contribution < 1.29 is 22.1 Å². The van der Waals surface area contributed by atoms with Gasteiger partial charge in [-0.3, -0.25) is 0 Å². The molecule has 1 N–H and O–H groups in total. The fourth-order valence-corrected chi connectivity index (χ4v) is 3.22. The topological polar surface area (TPSA) is 84.9 Å². The number of halogens is 1. The van der Waals surface area contributed by atoms with Crippen molar-refractivity contribution in [2.75, 3.05) is 14.1 Å². The molecule has 27 heavy (non-hydrogen) atoms. The van der Waals surface area contributed by atoms with E-state index in [9.17, 15) is 13.2 Å². The summed E-state index contributed by atoms with van der Waals surface area (Å²) in [6.45, 7) is 11.5.